The molecule has 0 unspecified atom stereocenters. The normalized spacial score (nSPS) is 12.2. The fraction of sp³-hybridized carbons (Fsp3) is 0.0455. The third kappa shape index (κ3) is 2.77. The Kier molecular flexibility index (Phi) is 4.45. The van der Waals surface area contributed by atoms with E-state index in [0.29, 0.717) is 11.3 Å². The highest BCUT2D eigenvalue weighted by Crippen LogP contribution is 2.39. The maximum atomic E-state index is 13.2. The number of ketones is 2. The second-order valence-corrected chi connectivity index (χ2v) is 6.61. The third-order valence-corrected chi connectivity index (χ3v) is 4.93. The van der Waals surface area contributed by atoms with Gasteiger partial charge < -0.3 is 10.1 Å². The Bertz CT molecular complexity index is 1140. The largest absolute Gasteiger partial charge is 0.496 e. The molecular formula is C22H14ClNO4. The number of anilines is 1. The Hall–Kier alpha value is -3.44. The van der Waals surface area contributed by atoms with Gasteiger partial charge in [-0.15, -0.1) is 0 Å². The minimum Gasteiger partial charge on any atom is -0.496 e. The summed E-state index contributed by atoms with van der Waals surface area (Å²) in [6.45, 7) is 0. The molecule has 0 saturated carbocycles. The highest BCUT2D eigenvalue weighted by molar-refractivity contribution is 6.40. The van der Waals surface area contributed by atoms with Crippen LogP contribution in [0.5, 0.6) is 5.75 Å². The van der Waals surface area contributed by atoms with Crippen molar-refractivity contribution in [1.82, 2.24) is 0 Å². The van der Waals surface area contributed by atoms with Gasteiger partial charge in [-0.25, -0.2) is 0 Å². The zero-order chi connectivity index (χ0) is 19.8. The first-order valence-corrected chi connectivity index (χ1v) is 8.86. The van der Waals surface area contributed by atoms with Crippen LogP contribution in [0.2, 0.25) is 5.02 Å². The molecule has 6 heteroatoms. The highest BCUT2D eigenvalue weighted by Gasteiger charge is 2.36. The van der Waals surface area contributed by atoms with Crippen LogP contribution in [-0.4, -0.2) is 24.6 Å². The number of benzene rings is 3. The number of methoxy groups -OCH3 is 1. The van der Waals surface area contributed by atoms with Crippen molar-refractivity contribution in [2.75, 3.05) is 12.4 Å². The molecule has 138 valence electrons. The molecule has 1 N–H and O–H groups in total. The van der Waals surface area contributed by atoms with Crippen LogP contribution in [0.4, 0.5) is 5.69 Å². The lowest BCUT2D eigenvalue weighted by molar-refractivity contribution is 0.0976. The highest BCUT2D eigenvalue weighted by atomic mass is 35.5. The molecule has 0 aliphatic heterocycles. The smallest absolute Gasteiger partial charge is 0.255 e. The van der Waals surface area contributed by atoms with Crippen LogP contribution in [-0.2, 0) is 0 Å². The van der Waals surface area contributed by atoms with Gasteiger partial charge in [0.2, 0.25) is 0 Å². The van der Waals surface area contributed by atoms with Crippen molar-refractivity contribution >= 4 is 34.8 Å². The topological polar surface area (TPSA) is 72.5 Å². The third-order valence-electron chi connectivity index (χ3n) is 4.61. The summed E-state index contributed by atoms with van der Waals surface area (Å²) >= 11 is 6.26. The van der Waals surface area contributed by atoms with Crippen molar-refractivity contribution < 1.29 is 19.1 Å². The second kappa shape index (κ2) is 6.94. The molecule has 5 nitrogen and oxygen atoms in total. The number of carbonyl (C=O) groups is 3. The maximum Gasteiger partial charge on any atom is 0.255 e. The summed E-state index contributed by atoms with van der Waals surface area (Å²) in [6, 6.07) is 16.4. The number of nitrogens with one attached hydrogen (secondary N) is 1. The van der Waals surface area contributed by atoms with E-state index in [4.69, 9.17) is 16.3 Å². The summed E-state index contributed by atoms with van der Waals surface area (Å²) in [5, 5.41) is 2.86. The van der Waals surface area contributed by atoms with Crippen molar-refractivity contribution in [3.8, 4) is 5.75 Å². The summed E-state index contributed by atoms with van der Waals surface area (Å²) in [7, 11) is 1.43. The van der Waals surface area contributed by atoms with Crippen LogP contribution in [0.15, 0.2) is 60.7 Å². The van der Waals surface area contributed by atoms with Crippen LogP contribution in [0.25, 0.3) is 0 Å². The van der Waals surface area contributed by atoms with Gasteiger partial charge in [0.1, 0.15) is 5.75 Å². The zero-order valence-electron chi connectivity index (χ0n) is 14.8. The van der Waals surface area contributed by atoms with Crippen molar-refractivity contribution in [3.05, 3.63) is 93.5 Å². The lowest BCUT2D eigenvalue weighted by Gasteiger charge is -2.22. The molecular weight excluding hydrogens is 378 g/mol. The van der Waals surface area contributed by atoms with E-state index in [1.165, 1.54) is 19.2 Å². The minimum absolute atomic E-state index is 0.0644. The first-order chi connectivity index (χ1) is 13.5. The van der Waals surface area contributed by atoms with E-state index in [1.807, 2.05) is 0 Å². The summed E-state index contributed by atoms with van der Waals surface area (Å²) < 4.78 is 5.25. The minimum atomic E-state index is -0.414. The van der Waals surface area contributed by atoms with Crippen molar-refractivity contribution in [2.24, 2.45) is 0 Å². The molecule has 3 aromatic rings. The van der Waals surface area contributed by atoms with E-state index in [2.05, 4.69) is 5.32 Å². The Morgan fingerprint density at radius 3 is 2.32 bits per heavy atom. The van der Waals surface area contributed by atoms with Gasteiger partial charge >= 0.3 is 0 Å². The van der Waals surface area contributed by atoms with Crippen LogP contribution in [0.1, 0.15) is 42.2 Å². The lowest BCUT2D eigenvalue weighted by atomic mass is 9.82. The maximum absolute atomic E-state index is 13.2. The molecule has 0 heterocycles. The number of amides is 1. The number of carbonyl (C=O) groups excluding carboxylic acids is 3. The predicted molar refractivity (Wildman–Crippen MR) is 106 cm³/mol. The van der Waals surface area contributed by atoms with Crippen LogP contribution in [0, 0.1) is 0 Å². The van der Waals surface area contributed by atoms with Gasteiger partial charge in [0, 0.05) is 11.1 Å². The first kappa shape index (κ1) is 17.9. The number of rotatable bonds is 3. The molecule has 4 rings (SSSR count). The Balaban J connectivity index is 1.85. The SMILES string of the molecule is COc1cccc2c1C(=O)c1c(Cl)ccc(NC(=O)c3ccccc3)c1C2=O. The van der Waals surface area contributed by atoms with Gasteiger partial charge in [-0.3, -0.25) is 14.4 Å². The molecule has 0 fully saturated rings. The van der Waals surface area contributed by atoms with Crippen molar-refractivity contribution in [1.29, 1.82) is 0 Å². The Morgan fingerprint density at radius 2 is 1.61 bits per heavy atom. The predicted octanol–water partition coefficient (Wildman–Crippen LogP) is 4.38. The van der Waals surface area contributed by atoms with Gasteiger partial charge in [0.05, 0.1) is 34.5 Å². The van der Waals surface area contributed by atoms with E-state index in [0.717, 1.165) is 0 Å². The molecule has 0 saturated heterocycles. The molecule has 1 aliphatic rings. The number of hydrogen-bond donors (Lipinski definition) is 1. The number of ether oxygens (including phenoxy) is 1. The summed E-state index contributed by atoms with van der Waals surface area (Å²) in [6.07, 6.45) is 0. The van der Waals surface area contributed by atoms with E-state index >= 15 is 0 Å². The number of hydrogen-bond acceptors (Lipinski definition) is 4. The zero-order valence-corrected chi connectivity index (χ0v) is 15.5. The van der Waals surface area contributed by atoms with Gasteiger partial charge in [-0.2, -0.15) is 0 Å². The van der Waals surface area contributed by atoms with Gasteiger partial charge in [-0.1, -0.05) is 41.9 Å². The van der Waals surface area contributed by atoms with E-state index in [9.17, 15) is 14.4 Å². The Labute approximate surface area is 165 Å². The lowest BCUT2D eigenvalue weighted by Crippen LogP contribution is -2.25. The first-order valence-electron chi connectivity index (χ1n) is 8.48. The molecule has 28 heavy (non-hydrogen) atoms. The van der Waals surface area contributed by atoms with Gasteiger partial charge in [-0.05, 0) is 30.3 Å². The molecule has 0 aromatic heterocycles. The van der Waals surface area contributed by atoms with E-state index < -0.39 is 11.6 Å². The second-order valence-electron chi connectivity index (χ2n) is 6.21. The van der Waals surface area contributed by atoms with Crippen molar-refractivity contribution in [3.63, 3.8) is 0 Å². The quantitative estimate of drug-likeness (QED) is 0.562. The van der Waals surface area contributed by atoms with Crippen LogP contribution < -0.4 is 10.1 Å². The number of fused-ring (bicyclic) bond motifs is 2. The summed E-state index contributed by atoms with van der Waals surface area (Å²) in [5.74, 6) is -0.893. The standard InChI is InChI=1S/C22H14ClNO4/c1-28-16-9-5-8-13-17(16)21(26)18-14(23)10-11-15(19(18)20(13)25)24-22(27)12-6-3-2-4-7-12/h2-11H,1H3,(H,24,27). The fourth-order valence-electron chi connectivity index (χ4n) is 3.31. The molecule has 3 aromatic carbocycles. The number of halogens is 1. The molecule has 0 spiro atoms. The van der Waals surface area contributed by atoms with Gasteiger partial charge in [0.15, 0.2) is 11.6 Å². The molecule has 0 atom stereocenters. The molecule has 0 bridgehead atoms. The summed E-state index contributed by atoms with van der Waals surface area (Å²) in [4.78, 5) is 38.9. The fourth-order valence-corrected chi connectivity index (χ4v) is 3.55. The monoisotopic (exact) mass is 391 g/mol. The average Bonchev–Trinajstić information content (AvgIpc) is 2.73. The summed E-state index contributed by atoms with van der Waals surface area (Å²) in [5.41, 5.74) is 1.21. The van der Waals surface area contributed by atoms with Crippen molar-refractivity contribution in [2.45, 2.75) is 0 Å². The van der Waals surface area contributed by atoms with Gasteiger partial charge in [0.25, 0.3) is 5.91 Å². The molecule has 0 radical (unpaired) electrons. The molecule has 1 aliphatic carbocycles. The molecule has 1 amide bonds. The van der Waals surface area contributed by atoms with Crippen LogP contribution >= 0.6 is 11.6 Å². The van der Waals surface area contributed by atoms with E-state index in [1.54, 1.807) is 48.5 Å². The van der Waals surface area contributed by atoms with Crippen LogP contribution in [0.3, 0.4) is 0 Å². The Morgan fingerprint density at radius 1 is 0.857 bits per heavy atom. The average molecular weight is 392 g/mol. The van der Waals surface area contributed by atoms with E-state index in [-0.39, 0.29) is 38.9 Å².